The monoisotopic (exact) mass is 426 g/mol. The third-order valence-corrected chi connectivity index (χ3v) is 5.18. The number of carbonyl (C=O) groups is 2. The van der Waals surface area contributed by atoms with Gasteiger partial charge in [0, 0.05) is 11.3 Å². The molecule has 2 aromatic rings. The Kier molecular flexibility index (Phi) is 5.66. The molecule has 0 saturated carbocycles. The molecule has 162 valence electrons. The summed E-state index contributed by atoms with van der Waals surface area (Å²) in [6, 6.07) is 9.34. The third kappa shape index (κ3) is 3.98. The number of ether oxygens (including phenoxy) is 5. The zero-order valence-corrected chi connectivity index (χ0v) is 17.3. The van der Waals surface area contributed by atoms with Gasteiger partial charge in [-0.15, -0.1) is 0 Å². The van der Waals surface area contributed by atoms with Crippen molar-refractivity contribution in [3.8, 4) is 23.0 Å². The SMILES string of the molecule is COc1cccc(C2NC(=O)N=C(C)C2C(=O)OCc2ccc3c(c2)OCO3)c1OC. The van der Waals surface area contributed by atoms with E-state index in [4.69, 9.17) is 23.7 Å². The van der Waals surface area contributed by atoms with Gasteiger partial charge in [-0.2, -0.15) is 0 Å². The Morgan fingerprint density at radius 2 is 1.97 bits per heavy atom. The molecule has 0 spiro atoms. The maximum atomic E-state index is 13.1. The highest BCUT2D eigenvalue weighted by Crippen LogP contribution is 2.39. The highest BCUT2D eigenvalue weighted by molar-refractivity contribution is 6.08. The number of hydrogen-bond donors (Lipinski definition) is 1. The molecular formula is C22H22N2O7. The minimum Gasteiger partial charge on any atom is -0.493 e. The second-order valence-corrected chi connectivity index (χ2v) is 7.04. The third-order valence-electron chi connectivity index (χ3n) is 5.18. The van der Waals surface area contributed by atoms with E-state index < -0.39 is 24.0 Å². The molecule has 4 rings (SSSR count). The molecule has 0 radical (unpaired) electrons. The Labute approximate surface area is 178 Å². The van der Waals surface area contributed by atoms with Crippen LogP contribution in [-0.4, -0.2) is 38.7 Å². The van der Waals surface area contributed by atoms with E-state index >= 15 is 0 Å². The van der Waals surface area contributed by atoms with Gasteiger partial charge in [-0.3, -0.25) is 4.79 Å². The van der Waals surface area contributed by atoms with E-state index in [1.165, 1.54) is 14.2 Å². The molecule has 0 saturated heterocycles. The fourth-order valence-corrected chi connectivity index (χ4v) is 3.72. The van der Waals surface area contributed by atoms with Gasteiger partial charge in [0.25, 0.3) is 0 Å². The summed E-state index contributed by atoms with van der Waals surface area (Å²) in [5.41, 5.74) is 1.70. The maximum Gasteiger partial charge on any atom is 0.341 e. The van der Waals surface area contributed by atoms with Crippen LogP contribution in [0, 0.1) is 5.92 Å². The van der Waals surface area contributed by atoms with Crippen LogP contribution < -0.4 is 24.3 Å². The van der Waals surface area contributed by atoms with Crippen molar-refractivity contribution in [3.05, 3.63) is 47.5 Å². The number of aliphatic imine (C=N–C) groups is 1. The average molecular weight is 426 g/mol. The number of urea groups is 1. The van der Waals surface area contributed by atoms with Crippen molar-refractivity contribution in [3.63, 3.8) is 0 Å². The van der Waals surface area contributed by atoms with Gasteiger partial charge in [0.2, 0.25) is 6.79 Å². The molecule has 2 unspecified atom stereocenters. The number of fused-ring (bicyclic) bond motifs is 1. The molecule has 0 aliphatic carbocycles. The summed E-state index contributed by atoms with van der Waals surface area (Å²) in [6.07, 6.45) is 0. The number of rotatable bonds is 6. The molecule has 9 nitrogen and oxygen atoms in total. The summed E-state index contributed by atoms with van der Waals surface area (Å²) in [7, 11) is 3.02. The first-order valence-electron chi connectivity index (χ1n) is 9.63. The second kappa shape index (κ2) is 8.55. The molecule has 0 fully saturated rings. The number of para-hydroxylation sites is 1. The molecule has 2 heterocycles. The summed E-state index contributed by atoms with van der Waals surface area (Å²) in [5.74, 6) is 0.829. The molecule has 2 aliphatic rings. The molecule has 31 heavy (non-hydrogen) atoms. The lowest BCUT2D eigenvalue weighted by Crippen LogP contribution is -2.44. The quantitative estimate of drug-likeness (QED) is 0.708. The van der Waals surface area contributed by atoms with Crippen molar-refractivity contribution >= 4 is 17.7 Å². The number of nitrogens with zero attached hydrogens (tertiary/aromatic N) is 1. The fourth-order valence-electron chi connectivity index (χ4n) is 3.72. The molecule has 9 heteroatoms. The van der Waals surface area contributed by atoms with Crippen LogP contribution in [0.4, 0.5) is 4.79 Å². The number of benzene rings is 2. The van der Waals surface area contributed by atoms with Crippen LogP contribution >= 0.6 is 0 Å². The minimum atomic E-state index is -0.826. The average Bonchev–Trinajstić information content (AvgIpc) is 3.24. The van der Waals surface area contributed by atoms with Gasteiger partial charge in [0.15, 0.2) is 23.0 Å². The first-order chi connectivity index (χ1) is 15.0. The fraction of sp³-hybridized carbons (Fsp3) is 0.318. The summed E-state index contributed by atoms with van der Waals surface area (Å²) in [5, 5.41) is 2.75. The van der Waals surface area contributed by atoms with Crippen LogP contribution in [0.3, 0.4) is 0 Å². The maximum absolute atomic E-state index is 13.1. The number of methoxy groups -OCH3 is 2. The number of carbonyl (C=O) groups excluding carboxylic acids is 2. The van der Waals surface area contributed by atoms with Gasteiger partial charge >= 0.3 is 12.0 Å². The predicted molar refractivity (Wildman–Crippen MR) is 110 cm³/mol. The van der Waals surface area contributed by atoms with E-state index in [9.17, 15) is 9.59 Å². The van der Waals surface area contributed by atoms with E-state index in [0.29, 0.717) is 34.3 Å². The lowest BCUT2D eigenvalue weighted by Gasteiger charge is -2.30. The Bertz CT molecular complexity index is 1050. The predicted octanol–water partition coefficient (Wildman–Crippen LogP) is 3.02. The highest BCUT2D eigenvalue weighted by atomic mass is 16.7. The first kappa shape index (κ1) is 20.5. The summed E-state index contributed by atoms with van der Waals surface area (Å²) in [6.45, 7) is 1.83. The van der Waals surface area contributed by atoms with Gasteiger partial charge in [-0.05, 0) is 30.7 Å². The topological polar surface area (TPSA) is 105 Å². The van der Waals surface area contributed by atoms with Gasteiger partial charge < -0.3 is 29.0 Å². The van der Waals surface area contributed by atoms with E-state index in [2.05, 4.69) is 10.3 Å². The number of nitrogens with one attached hydrogen (secondary N) is 1. The summed E-state index contributed by atoms with van der Waals surface area (Å²) in [4.78, 5) is 29.1. The molecule has 1 N–H and O–H groups in total. The van der Waals surface area contributed by atoms with Gasteiger partial charge in [0.1, 0.15) is 12.5 Å². The normalized spacial score (nSPS) is 19.3. The lowest BCUT2D eigenvalue weighted by atomic mass is 9.87. The van der Waals surface area contributed by atoms with Gasteiger partial charge in [-0.1, -0.05) is 18.2 Å². The van der Waals surface area contributed by atoms with Gasteiger partial charge in [0.05, 0.1) is 20.3 Å². The summed E-state index contributed by atoms with van der Waals surface area (Å²) >= 11 is 0. The van der Waals surface area contributed by atoms with Crippen LogP contribution in [0.15, 0.2) is 41.4 Å². The van der Waals surface area contributed by atoms with E-state index in [1.807, 2.05) is 0 Å². The van der Waals surface area contributed by atoms with Crippen LogP contribution in [0.1, 0.15) is 24.1 Å². The molecule has 0 bridgehead atoms. The Morgan fingerprint density at radius 1 is 1.16 bits per heavy atom. The Balaban J connectivity index is 1.59. The van der Waals surface area contributed by atoms with Crippen LogP contribution in [0.25, 0.3) is 0 Å². The second-order valence-electron chi connectivity index (χ2n) is 7.04. The van der Waals surface area contributed by atoms with Crippen molar-refractivity contribution in [2.24, 2.45) is 10.9 Å². The minimum absolute atomic E-state index is 0.0369. The Hall–Kier alpha value is -3.75. The van der Waals surface area contributed by atoms with Crippen molar-refractivity contribution in [1.29, 1.82) is 0 Å². The molecule has 2 amide bonds. The number of amides is 2. The van der Waals surface area contributed by atoms with Crippen molar-refractivity contribution in [1.82, 2.24) is 5.32 Å². The largest absolute Gasteiger partial charge is 0.493 e. The van der Waals surface area contributed by atoms with Crippen LogP contribution in [0.2, 0.25) is 0 Å². The zero-order chi connectivity index (χ0) is 22.0. The van der Waals surface area contributed by atoms with E-state index in [0.717, 1.165) is 5.56 Å². The first-order valence-corrected chi connectivity index (χ1v) is 9.63. The number of esters is 1. The zero-order valence-electron chi connectivity index (χ0n) is 17.3. The van der Waals surface area contributed by atoms with Crippen LogP contribution in [-0.2, 0) is 16.1 Å². The summed E-state index contributed by atoms with van der Waals surface area (Å²) < 4.78 is 27.1. The molecular weight excluding hydrogens is 404 g/mol. The molecule has 2 aromatic carbocycles. The van der Waals surface area contributed by atoms with E-state index in [-0.39, 0.29) is 13.4 Å². The van der Waals surface area contributed by atoms with Crippen LogP contribution in [0.5, 0.6) is 23.0 Å². The smallest absolute Gasteiger partial charge is 0.341 e. The highest BCUT2D eigenvalue weighted by Gasteiger charge is 2.40. The van der Waals surface area contributed by atoms with Crippen molar-refractivity contribution in [2.45, 2.75) is 19.6 Å². The lowest BCUT2D eigenvalue weighted by molar-refractivity contribution is -0.148. The molecule has 2 aliphatic heterocycles. The van der Waals surface area contributed by atoms with Gasteiger partial charge in [-0.25, -0.2) is 9.79 Å². The van der Waals surface area contributed by atoms with Crippen molar-refractivity contribution < 1.29 is 33.3 Å². The molecule has 0 aromatic heterocycles. The Morgan fingerprint density at radius 3 is 2.74 bits per heavy atom. The van der Waals surface area contributed by atoms with E-state index in [1.54, 1.807) is 43.3 Å². The van der Waals surface area contributed by atoms with Crippen molar-refractivity contribution in [2.75, 3.05) is 21.0 Å². The number of hydrogen-bond acceptors (Lipinski definition) is 7. The standard InChI is InChI=1S/C22H22N2O7/c1-12-18(21(25)29-10-13-7-8-15-17(9-13)31-11-30-15)19(24-22(26)23-12)14-5-4-6-16(27-2)20(14)28-3/h4-9,18-19H,10-11H2,1-3H3,(H,24,26). The molecule has 2 atom stereocenters.